The maximum atomic E-state index is 12.5. The zero-order valence-corrected chi connectivity index (χ0v) is 12.5. The molecule has 2 fully saturated rings. The maximum absolute atomic E-state index is 12.5. The van der Waals surface area contributed by atoms with Crippen LogP contribution < -0.4 is 0 Å². The molecular weight excluding hydrogens is 253 g/mol. The highest BCUT2D eigenvalue weighted by Crippen LogP contribution is 2.41. The highest BCUT2D eigenvalue weighted by atomic mass is 19.4. The van der Waals surface area contributed by atoms with Gasteiger partial charge in [0.1, 0.15) is 0 Å². The largest absolute Gasteiger partial charge is 0.394 e. The standard InChI is InChI=1S/C14H25F3N2/c1-12(2,3)19-9-11(6-13(19,4)5)18-7-10(8-18)14(15,16)17/h10-11H,6-9H2,1-5H3/t11-/m1/s1. The number of hydrogen-bond acceptors (Lipinski definition) is 2. The molecule has 0 amide bonds. The van der Waals surface area contributed by atoms with Gasteiger partial charge < -0.3 is 0 Å². The summed E-state index contributed by atoms with van der Waals surface area (Å²) in [4.78, 5) is 4.43. The Labute approximate surface area is 113 Å². The fraction of sp³-hybridized carbons (Fsp3) is 1.00. The van der Waals surface area contributed by atoms with Crippen molar-refractivity contribution in [2.75, 3.05) is 19.6 Å². The lowest BCUT2D eigenvalue weighted by Crippen LogP contribution is -2.58. The van der Waals surface area contributed by atoms with Crippen LogP contribution in [0.5, 0.6) is 0 Å². The van der Waals surface area contributed by atoms with Crippen molar-refractivity contribution in [1.82, 2.24) is 9.80 Å². The summed E-state index contributed by atoms with van der Waals surface area (Å²) in [6, 6.07) is 0.271. The van der Waals surface area contributed by atoms with Gasteiger partial charge in [-0.15, -0.1) is 0 Å². The van der Waals surface area contributed by atoms with Crippen molar-refractivity contribution in [2.24, 2.45) is 5.92 Å². The van der Waals surface area contributed by atoms with Gasteiger partial charge >= 0.3 is 6.18 Å². The van der Waals surface area contributed by atoms with Crippen molar-refractivity contribution in [2.45, 2.75) is 64.3 Å². The quantitative estimate of drug-likeness (QED) is 0.727. The summed E-state index contributed by atoms with van der Waals surface area (Å²) in [6.45, 7) is 12.1. The predicted octanol–water partition coefficient (Wildman–Crippen LogP) is 3.13. The van der Waals surface area contributed by atoms with Gasteiger partial charge in [-0.05, 0) is 41.0 Å². The van der Waals surface area contributed by atoms with Gasteiger partial charge in [-0.25, -0.2) is 0 Å². The molecule has 0 N–H and O–H groups in total. The van der Waals surface area contributed by atoms with E-state index in [0.29, 0.717) is 0 Å². The van der Waals surface area contributed by atoms with Crippen molar-refractivity contribution in [3.8, 4) is 0 Å². The molecule has 2 rings (SSSR count). The van der Waals surface area contributed by atoms with Crippen LogP contribution in [0.2, 0.25) is 0 Å². The Balaban J connectivity index is 1.96. The van der Waals surface area contributed by atoms with E-state index in [1.54, 1.807) is 0 Å². The molecule has 5 heteroatoms. The van der Waals surface area contributed by atoms with E-state index >= 15 is 0 Å². The van der Waals surface area contributed by atoms with Crippen molar-refractivity contribution >= 4 is 0 Å². The van der Waals surface area contributed by atoms with Crippen LogP contribution in [0.25, 0.3) is 0 Å². The third-order valence-electron chi connectivity index (χ3n) is 4.56. The molecule has 0 radical (unpaired) electrons. The second kappa shape index (κ2) is 4.35. The van der Waals surface area contributed by atoms with Crippen molar-refractivity contribution in [3.05, 3.63) is 0 Å². The summed E-state index contributed by atoms with van der Waals surface area (Å²) >= 11 is 0. The topological polar surface area (TPSA) is 6.48 Å². The summed E-state index contributed by atoms with van der Waals surface area (Å²) in [5, 5.41) is 0. The molecule has 19 heavy (non-hydrogen) atoms. The Morgan fingerprint density at radius 1 is 1.00 bits per heavy atom. The van der Waals surface area contributed by atoms with Gasteiger partial charge in [0.05, 0.1) is 5.92 Å². The van der Waals surface area contributed by atoms with Crippen LogP contribution in [0, 0.1) is 5.92 Å². The van der Waals surface area contributed by atoms with Gasteiger partial charge in [0.2, 0.25) is 0 Å². The third-order valence-corrected chi connectivity index (χ3v) is 4.56. The van der Waals surface area contributed by atoms with Crippen molar-refractivity contribution in [3.63, 3.8) is 0 Å². The molecule has 0 aromatic heterocycles. The Morgan fingerprint density at radius 3 is 1.89 bits per heavy atom. The molecule has 1 atom stereocenters. The second-order valence-electron chi connectivity index (χ2n) is 7.64. The van der Waals surface area contributed by atoms with Crippen LogP contribution in [-0.2, 0) is 0 Å². The van der Waals surface area contributed by atoms with E-state index in [1.165, 1.54) is 0 Å². The molecule has 2 heterocycles. The number of hydrogen-bond donors (Lipinski definition) is 0. The molecule has 0 spiro atoms. The van der Waals surface area contributed by atoms with Crippen LogP contribution in [0.3, 0.4) is 0 Å². The fourth-order valence-corrected chi connectivity index (χ4v) is 3.65. The summed E-state index contributed by atoms with van der Waals surface area (Å²) in [7, 11) is 0. The Hall–Kier alpha value is -0.290. The molecule has 2 aliphatic rings. The van der Waals surface area contributed by atoms with E-state index < -0.39 is 12.1 Å². The second-order valence-corrected chi connectivity index (χ2v) is 7.64. The number of halogens is 3. The normalized spacial score (nSPS) is 30.6. The molecule has 0 aromatic carbocycles. The molecule has 2 aliphatic heterocycles. The minimum absolute atomic E-state index is 0.0617. The summed E-state index contributed by atoms with van der Waals surface area (Å²) in [6.07, 6.45) is -3.07. The van der Waals surface area contributed by atoms with Crippen molar-refractivity contribution in [1.29, 1.82) is 0 Å². The summed E-state index contributed by atoms with van der Waals surface area (Å²) < 4.78 is 37.6. The van der Waals surface area contributed by atoms with Crippen LogP contribution >= 0.6 is 0 Å². The molecule has 0 aliphatic carbocycles. The van der Waals surface area contributed by atoms with E-state index in [0.717, 1.165) is 13.0 Å². The molecule has 0 bridgehead atoms. The van der Waals surface area contributed by atoms with Crippen LogP contribution in [0.15, 0.2) is 0 Å². The average molecular weight is 278 g/mol. The van der Waals surface area contributed by atoms with E-state index in [4.69, 9.17) is 0 Å². The fourth-order valence-electron chi connectivity index (χ4n) is 3.65. The van der Waals surface area contributed by atoms with Gasteiger partial charge in [-0.1, -0.05) is 0 Å². The Kier molecular flexibility index (Phi) is 3.46. The highest BCUT2D eigenvalue weighted by Gasteiger charge is 2.52. The summed E-state index contributed by atoms with van der Waals surface area (Å²) in [5.74, 6) is -1.11. The SMILES string of the molecule is CC(C)(C)N1C[C@H](N2CC(C(F)(F)F)C2)CC1(C)C. The molecule has 0 unspecified atom stereocenters. The minimum Gasteiger partial charge on any atom is -0.298 e. The molecular formula is C14H25F3N2. The lowest BCUT2D eigenvalue weighted by atomic mass is 9.92. The zero-order valence-electron chi connectivity index (χ0n) is 12.5. The smallest absolute Gasteiger partial charge is 0.298 e. The first-order valence-electron chi connectivity index (χ1n) is 7.00. The first-order chi connectivity index (χ1) is 8.41. The zero-order chi connectivity index (χ0) is 14.6. The molecule has 0 saturated carbocycles. The van der Waals surface area contributed by atoms with E-state index in [2.05, 4.69) is 39.5 Å². The van der Waals surface area contributed by atoms with Crippen LogP contribution in [-0.4, -0.2) is 52.7 Å². The number of rotatable bonds is 1. The number of alkyl halides is 3. The highest BCUT2D eigenvalue weighted by molar-refractivity contribution is 5.04. The van der Waals surface area contributed by atoms with Crippen LogP contribution in [0.4, 0.5) is 13.2 Å². The average Bonchev–Trinajstić information content (AvgIpc) is 2.34. The molecule has 112 valence electrons. The maximum Gasteiger partial charge on any atom is 0.394 e. The monoisotopic (exact) mass is 278 g/mol. The molecule has 2 saturated heterocycles. The minimum atomic E-state index is -4.02. The Bertz CT molecular complexity index is 338. The number of likely N-dealkylation sites (tertiary alicyclic amines) is 2. The van der Waals surface area contributed by atoms with Gasteiger partial charge in [0, 0.05) is 36.8 Å². The van der Waals surface area contributed by atoms with E-state index in [-0.39, 0.29) is 30.2 Å². The van der Waals surface area contributed by atoms with Gasteiger partial charge in [0.25, 0.3) is 0 Å². The molecule has 0 aromatic rings. The van der Waals surface area contributed by atoms with Crippen molar-refractivity contribution < 1.29 is 13.2 Å². The molecule has 2 nitrogen and oxygen atoms in total. The first kappa shape index (κ1) is 15.1. The van der Waals surface area contributed by atoms with Gasteiger partial charge in [0.15, 0.2) is 0 Å². The Morgan fingerprint density at radius 2 is 1.53 bits per heavy atom. The third kappa shape index (κ3) is 2.92. The number of nitrogens with zero attached hydrogens (tertiary/aromatic N) is 2. The van der Waals surface area contributed by atoms with Crippen LogP contribution in [0.1, 0.15) is 41.0 Å². The van der Waals surface area contributed by atoms with Gasteiger partial charge in [-0.2, -0.15) is 13.2 Å². The van der Waals surface area contributed by atoms with E-state index in [1.807, 2.05) is 4.90 Å². The summed E-state index contributed by atoms with van der Waals surface area (Å²) in [5.41, 5.74) is 0.124. The van der Waals surface area contributed by atoms with E-state index in [9.17, 15) is 13.2 Å². The lowest BCUT2D eigenvalue weighted by Gasteiger charge is -2.44. The van der Waals surface area contributed by atoms with Gasteiger partial charge in [-0.3, -0.25) is 9.80 Å². The predicted molar refractivity (Wildman–Crippen MR) is 70.1 cm³/mol. The lowest BCUT2D eigenvalue weighted by molar-refractivity contribution is -0.213. The first-order valence-corrected chi connectivity index (χ1v) is 7.00.